The summed E-state index contributed by atoms with van der Waals surface area (Å²) in [6.45, 7) is 0. The quantitative estimate of drug-likeness (QED) is 0.618. The third kappa shape index (κ3) is 279. The van der Waals surface area contributed by atoms with E-state index in [0.29, 0.717) is 0 Å². The zero-order chi connectivity index (χ0) is 7.45. The smallest absolute Gasteiger partial charge is 0.369 e. The molecule has 10 heavy (non-hydrogen) atoms. The van der Waals surface area contributed by atoms with Gasteiger partial charge in [-0.3, -0.25) is 0 Å². The average Bonchev–Trinajstić information content (AvgIpc) is 1.33. The van der Waals surface area contributed by atoms with Gasteiger partial charge in [0, 0.05) is 0 Å². The molecule has 4 nitrogen and oxygen atoms in total. The molecule has 0 radical (unpaired) electrons. The maximum absolute atomic E-state index is 7.25. The molecule has 73 valence electrons. The van der Waals surface area contributed by atoms with Crippen LogP contribution in [0.25, 0.3) is 5.59 Å². The Bertz CT molecular complexity index is 59.7. The molecule has 0 aliphatic heterocycles. The van der Waals surface area contributed by atoms with Crippen LogP contribution < -0.4 is 12.3 Å². The topological polar surface area (TPSA) is 112 Å². The van der Waals surface area contributed by atoms with Crippen LogP contribution in [-0.2, 0) is 8.65 Å². The summed E-state index contributed by atoms with van der Waals surface area (Å²) in [6, 6.07) is 0. The molecule has 0 fully saturated rings. The Hall–Kier alpha value is 1.59. The maximum atomic E-state index is 7.25. The van der Waals surface area contributed by atoms with E-state index in [1.165, 1.54) is 0 Å². The van der Waals surface area contributed by atoms with E-state index >= 15 is 0 Å². The van der Waals surface area contributed by atoms with Gasteiger partial charge in [0.1, 0.15) is 0 Å². The van der Waals surface area contributed by atoms with Gasteiger partial charge in [0.15, 0.2) is 0 Å². The summed E-state index contributed by atoms with van der Waals surface area (Å²) in [5.41, 5.74) is 5.75. The monoisotopic (exact) mass is 343 g/mol. The van der Waals surface area contributed by atoms with Crippen molar-refractivity contribution in [1.29, 1.82) is 0 Å². The molecule has 0 aromatic rings. The maximum Gasteiger partial charge on any atom is -0.369 e. The fourth-order valence-electron chi connectivity index (χ4n) is 0. The van der Waals surface area contributed by atoms with Crippen molar-refractivity contribution < 1.29 is 8.65 Å². The van der Waals surface area contributed by atoms with E-state index in [9.17, 15) is 0 Å². The summed E-state index contributed by atoms with van der Waals surface area (Å²) in [5.74, 6) is 0. The predicted molar refractivity (Wildman–Crippen MR) is 48.0 cm³/mol. The van der Waals surface area contributed by atoms with Crippen LogP contribution in [0.4, 0.5) is 0 Å². The van der Waals surface area contributed by atoms with Crippen LogP contribution in [-0.4, -0.2) is 0 Å². The summed E-state index contributed by atoms with van der Waals surface area (Å²) < 4.78 is 0. The van der Waals surface area contributed by atoms with Gasteiger partial charge in [-0.1, -0.05) is 0 Å². The van der Waals surface area contributed by atoms with Crippen molar-refractivity contribution in [3.8, 4) is 0 Å². The Morgan fingerprint density at radius 3 is 0.800 bits per heavy atom. The van der Waals surface area contributed by atoms with Gasteiger partial charge < -0.3 is 22.8 Å². The first kappa shape index (κ1) is 22.6. The van der Waals surface area contributed by atoms with E-state index in [2.05, 4.69) is 0 Å². The summed E-state index contributed by atoms with van der Waals surface area (Å²) in [4.78, 5) is 7.25. The minimum atomic E-state index is -4.11. The molecule has 0 saturated carbocycles. The van der Waals surface area contributed by atoms with Crippen LogP contribution in [0.15, 0.2) is 0 Å². The van der Waals surface area contributed by atoms with Crippen molar-refractivity contribution in [3.63, 3.8) is 0 Å². The molecule has 0 spiro atoms. The minimum absolute atomic E-state index is 0. The fraction of sp³-hybridized carbons (Fsp3) is 0. The molecule has 0 bridgehead atoms. The molecule has 0 saturated heterocycles. The van der Waals surface area contributed by atoms with Crippen LogP contribution >= 0.6 is 48.5 Å². The minimum Gasteiger partial charge on any atom is -0.577 e. The number of quaternary nitrogens is 2. The van der Waals surface area contributed by atoms with Crippen LogP contribution in [0.3, 0.4) is 0 Å². The Labute approximate surface area is 79.4 Å². The number of nitrogens with zero attached hydrogens (tertiary/aromatic N) is 1. The van der Waals surface area contributed by atoms with Crippen molar-refractivity contribution in [2.24, 2.45) is 0 Å². The molecule has 8 N–H and O–H groups in total. The molecule has 0 rings (SSSR count). The SMILES string of the molecule is [Cl][Ru-2]([Cl])([Cl])([Cl])[Cl].[N-]=O.[NH4+].[NH4+]. The number of halogens is 5. The first-order valence-corrected chi connectivity index (χ1v) is 12.0. The van der Waals surface area contributed by atoms with E-state index < -0.39 is 8.65 Å². The first-order chi connectivity index (χ1) is 3.24. The standard InChI is InChI=1S/5ClH.NO.2H3N.Ru/c;;;;;1-2;;;/h5*1H;;2*1H3;/q;;;;;-1;;;+3/p-3. The van der Waals surface area contributed by atoms with Crippen molar-refractivity contribution >= 4 is 48.5 Å². The predicted octanol–water partition coefficient (Wildman–Crippen LogP) is 4.52. The van der Waals surface area contributed by atoms with Gasteiger partial charge in [-0.05, 0) is 0 Å². The van der Waals surface area contributed by atoms with Crippen LogP contribution in [0.2, 0.25) is 0 Å². The van der Waals surface area contributed by atoms with Crippen LogP contribution in [0, 0.1) is 4.91 Å². The molecule has 0 unspecified atom stereocenters. The molecule has 0 amide bonds. The van der Waals surface area contributed by atoms with Gasteiger partial charge >= 0.3 is 57.1 Å². The number of nitroso groups, excluding NO2 is 1. The fourth-order valence-corrected chi connectivity index (χ4v) is 0. The molecule has 0 aliphatic rings. The Morgan fingerprint density at radius 1 is 0.800 bits per heavy atom. The Balaban J connectivity index is -0.0000000412. The van der Waals surface area contributed by atoms with Gasteiger partial charge in [-0.15, -0.1) is 0 Å². The summed E-state index contributed by atoms with van der Waals surface area (Å²) >= 11 is 0. The molecule has 0 atom stereocenters. The molecule has 0 heterocycles. The number of hydrogen-bond acceptors (Lipinski definition) is 1. The van der Waals surface area contributed by atoms with Gasteiger partial charge in [0.2, 0.25) is 0 Å². The van der Waals surface area contributed by atoms with Crippen molar-refractivity contribution in [1.82, 2.24) is 12.3 Å². The molecule has 0 aliphatic carbocycles. The third-order valence-corrected chi connectivity index (χ3v) is 0. The summed E-state index contributed by atoms with van der Waals surface area (Å²) in [6.07, 6.45) is 0. The van der Waals surface area contributed by atoms with Gasteiger partial charge in [0.25, 0.3) is 0 Å². The Morgan fingerprint density at radius 2 is 0.800 bits per heavy atom. The van der Waals surface area contributed by atoms with E-state index in [1.807, 2.05) is 0 Å². The van der Waals surface area contributed by atoms with Crippen LogP contribution in [0.1, 0.15) is 0 Å². The normalized spacial score (nSPS) is 11.9. The number of rotatable bonds is 0. The molecular formula is H8Cl5N3ORu-. The number of hydrogen-bond donors (Lipinski definition) is 2. The molecule has 0 aromatic carbocycles. The van der Waals surface area contributed by atoms with Crippen molar-refractivity contribution in [2.45, 2.75) is 0 Å². The van der Waals surface area contributed by atoms with E-state index in [-0.39, 0.29) is 12.3 Å². The third-order valence-electron chi connectivity index (χ3n) is 0. The second kappa shape index (κ2) is 7.25. The molecular weight excluding hydrogens is 336 g/mol. The van der Waals surface area contributed by atoms with Gasteiger partial charge in [0.05, 0.1) is 0 Å². The summed E-state index contributed by atoms with van der Waals surface area (Å²) in [5, 5.41) is 0. The second-order valence-electron chi connectivity index (χ2n) is 0.505. The summed E-state index contributed by atoms with van der Waals surface area (Å²) in [7, 11) is 21.0. The first-order valence-electron chi connectivity index (χ1n) is 0.851. The van der Waals surface area contributed by atoms with Gasteiger partial charge in [-0.25, -0.2) is 0 Å². The molecule has 0 aromatic heterocycles. The van der Waals surface area contributed by atoms with E-state index in [1.54, 1.807) is 0 Å². The van der Waals surface area contributed by atoms with Crippen molar-refractivity contribution in [2.75, 3.05) is 0 Å². The van der Waals surface area contributed by atoms with Crippen LogP contribution in [0.5, 0.6) is 0 Å². The molecule has 10 heteroatoms. The largest absolute Gasteiger partial charge is 0.577 e. The Kier molecular flexibility index (Phi) is 16.4. The second-order valence-corrected chi connectivity index (χ2v) is 26.9. The van der Waals surface area contributed by atoms with E-state index in [4.69, 9.17) is 59.0 Å². The average molecular weight is 344 g/mol. The zero-order valence-electron chi connectivity index (χ0n) is 5.10. The zero-order valence-corrected chi connectivity index (χ0v) is 10.6. The van der Waals surface area contributed by atoms with Crippen molar-refractivity contribution in [3.05, 3.63) is 10.5 Å². The van der Waals surface area contributed by atoms with Gasteiger partial charge in [-0.2, -0.15) is 0 Å². The van der Waals surface area contributed by atoms with E-state index in [0.717, 1.165) is 0 Å².